The maximum Gasteiger partial charge on any atom is 0.139 e. The second-order valence-electron chi connectivity index (χ2n) is 6.63. The summed E-state index contributed by atoms with van der Waals surface area (Å²) >= 11 is 0. The molecule has 0 bridgehead atoms. The number of carbonyl (C=O) groups excluding carboxylic acids is 1. The Hall–Kier alpha value is -0.330. The molecule has 0 saturated carbocycles. The predicted octanol–water partition coefficient (Wildman–Crippen LogP) is 4.31. The summed E-state index contributed by atoms with van der Waals surface area (Å²) in [5, 5.41) is 0. The molecule has 90 valence electrons. The first kappa shape index (κ1) is 14.7. The van der Waals surface area contributed by atoms with Crippen LogP contribution in [0.4, 0.5) is 0 Å². The van der Waals surface area contributed by atoms with Gasteiger partial charge in [-0.15, -0.1) is 0 Å². The largest absolute Gasteiger partial charge is 0.299 e. The van der Waals surface area contributed by atoms with Crippen molar-refractivity contribution in [3.8, 4) is 0 Å². The van der Waals surface area contributed by atoms with Crippen LogP contribution in [-0.4, -0.2) is 5.78 Å². The van der Waals surface area contributed by atoms with E-state index in [-0.39, 0.29) is 10.8 Å². The Balaban J connectivity index is 5.05. The summed E-state index contributed by atoms with van der Waals surface area (Å²) in [4.78, 5) is 12.4. The summed E-state index contributed by atoms with van der Waals surface area (Å²) in [6.07, 6.45) is 0.700. The topological polar surface area (TPSA) is 17.1 Å². The molecule has 0 aromatic carbocycles. The lowest BCUT2D eigenvalue weighted by Crippen LogP contribution is -2.45. The maximum absolute atomic E-state index is 12.4. The molecule has 1 unspecified atom stereocenters. The average Bonchev–Trinajstić information content (AvgIpc) is 1.98. The van der Waals surface area contributed by atoms with E-state index in [0.29, 0.717) is 24.0 Å². The lowest BCUT2D eigenvalue weighted by atomic mass is 9.58. The van der Waals surface area contributed by atoms with E-state index in [0.717, 1.165) is 0 Å². The summed E-state index contributed by atoms with van der Waals surface area (Å²) in [5.41, 5.74) is -0.176. The Morgan fingerprint density at radius 2 is 1.40 bits per heavy atom. The summed E-state index contributed by atoms with van der Waals surface area (Å²) < 4.78 is 0. The van der Waals surface area contributed by atoms with Crippen molar-refractivity contribution in [3.05, 3.63) is 0 Å². The Bertz CT molecular complexity index is 220. The molecular formula is C14H28O. The zero-order valence-electron chi connectivity index (χ0n) is 11.8. The molecule has 0 heterocycles. The first-order chi connectivity index (χ1) is 6.53. The molecule has 0 rings (SSSR count). The molecule has 0 aromatic heterocycles. The van der Waals surface area contributed by atoms with Crippen molar-refractivity contribution in [2.75, 3.05) is 0 Å². The van der Waals surface area contributed by atoms with E-state index < -0.39 is 0 Å². The third-order valence-corrected chi connectivity index (χ3v) is 3.89. The van der Waals surface area contributed by atoms with E-state index in [2.05, 4.69) is 55.4 Å². The molecule has 0 saturated heterocycles. The summed E-state index contributed by atoms with van der Waals surface area (Å²) in [6.45, 7) is 17.2. The molecule has 0 fully saturated rings. The van der Waals surface area contributed by atoms with Gasteiger partial charge in [-0.1, -0.05) is 55.4 Å². The number of hydrogen-bond acceptors (Lipinski definition) is 1. The molecule has 0 amide bonds. The summed E-state index contributed by atoms with van der Waals surface area (Å²) in [7, 11) is 0. The van der Waals surface area contributed by atoms with E-state index in [1.165, 1.54) is 0 Å². The van der Waals surface area contributed by atoms with Crippen LogP contribution in [0, 0.1) is 22.7 Å². The first-order valence-corrected chi connectivity index (χ1v) is 6.06. The van der Waals surface area contributed by atoms with Gasteiger partial charge in [0.05, 0.1) is 0 Å². The van der Waals surface area contributed by atoms with Gasteiger partial charge >= 0.3 is 0 Å². The predicted molar refractivity (Wildman–Crippen MR) is 66.9 cm³/mol. The highest BCUT2D eigenvalue weighted by atomic mass is 16.1. The number of hydrogen-bond donors (Lipinski definition) is 0. The van der Waals surface area contributed by atoms with Crippen LogP contribution in [-0.2, 0) is 4.79 Å². The highest BCUT2D eigenvalue weighted by molar-refractivity contribution is 5.85. The normalized spacial score (nSPS) is 16.9. The molecular weight excluding hydrogens is 184 g/mol. The zero-order valence-corrected chi connectivity index (χ0v) is 11.8. The molecule has 15 heavy (non-hydrogen) atoms. The van der Waals surface area contributed by atoms with Crippen LogP contribution in [0.5, 0.6) is 0 Å². The van der Waals surface area contributed by atoms with Crippen LogP contribution in [0.3, 0.4) is 0 Å². The Morgan fingerprint density at radius 1 is 1.00 bits per heavy atom. The Morgan fingerprint density at radius 3 is 1.60 bits per heavy atom. The van der Waals surface area contributed by atoms with Crippen molar-refractivity contribution >= 4 is 5.78 Å². The summed E-state index contributed by atoms with van der Waals surface area (Å²) in [6, 6.07) is 0. The third-order valence-electron chi connectivity index (χ3n) is 3.89. The van der Waals surface area contributed by atoms with Gasteiger partial charge < -0.3 is 0 Å². The number of Topliss-reactive ketones (excluding diaryl/α,β-unsaturated/α-hetero) is 1. The second-order valence-corrected chi connectivity index (χ2v) is 6.63. The van der Waals surface area contributed by atoms with Crippen molar-refractivity contribution < 1.29 is 4.79 Å². The van der Waals surface area contributed by atoms with Crippen molar-refractivity contribution in [1.82, 2.24) is 0 Å². The van der Waals surface area contributed by atoms with Gasteiger partial charge in [-0.2, -0.15) is 0 Å². The van der Waals surface area contributed by atoms with Crippen molar-refractivity contribution in [3.63, 3.8) is 0 Å². The Labute approximate surface area is 95.6 Å². The smallest absolute Gasteiger partial charge is 0.139 e. The van der Waals surface area contributed by atoms with Gasteiger partial charge in [0.15, 0.2) is 0 Å². The van der Waals surface area contributed by atoms with Crippen LogP contribution in [0.2, 0.25) is 0 Å². The standard InChI is InChI=1S/C14H28O/c1-10(2)9-12(15)14(8,11(3)4)13(5,6)7/h10-11H,9H2,1-8H3. The van der Waals surface area contributed by atoms with E-state index in [1.807, 2.05) is 0 Å². The fourth-order valence-electron chi connectivity index (χ4n) is 2.19. The minimum absolute atomic E-state index is 0.0349. The average molecular weight is 212 g/mol. The van der Waals surface area contributed by atoms with Gasteiger partial charge in [0.1, 0.15) is 5.78 Å². The molecule has 1 nitrogen and oxygen atoms in total. The summed E-state index contributed by atoms with van der Waals surface area (Å²) in [5.74, 6) is 1.27. The SMILES string of the molecule is CC(C)CC(=O)C(C)(C(C)C)C(C)(C)C. The quantitative estimate of drug-likeness (QED) is 0.678. The van der Waals surface area contributed by atoms with Gasteiger partial charge in [-0.25, -0.2) is 0 Å². The van der Waals surface area contributed by atoms with Crippen LogP contribution < -0.4 is 0 Å². The van der Waals surface area contributed by atoms with Gasteiger partial charge in [0.25, 0.3) is 0 Å². The van der Waals surface area contributed by atoms with E-state index in [9.17, 15) is 4.79 Å². The maximum atomic E-state index is 12.4. The zero-order chi connectivity index (χ0) is 12.4. The third kappa shape index (κ3) is 3.06. The molecule has 0 aliphatic carbocycles. The molecule has 0 aromatic rings. The van der Waals surface area contributed by atoms with E-state index in [1.54, 1.807) is 0 Å². The van der Waals surface area contributed by atoms with Crippen LogP contribution in [0.15, 0.2) is 0 Å². The number of rotatable bonds is 4. The van der Waals surface area contributed by atoms with Crippen molar-refractivity contribution in [1.29, 1.82) is 0 Å². The highest BCUT2D eigenvalue weighted by Crippen LogP contribution is 2.46. The number of carbonyl (C=O) groups is 1. The molecule has 1 atom stereocenters. The molecule has 1 heteroatoms. The van der Waals surface area contributed by atoms with E-state index in [4.69, 9.17) is 0 Å². The molecule has 0 aliphatic heterocycles. The van der Waals surface area contributed by atoms with Crippen molar-refractivity contribution in [2.45, 2.75) is 61.8 Å². The highest BCUT2D eigenvalue weighted by Gasteiger charge is 2.45. The van der Waals surface area contributed by atoms with Crippen LogP contribution >= 0.6 is 0 Å². The van der Waals surface area contributed by atoms with Gasteiger partial charge in [-0.05, 0) is 17.3 Å². The van der Waals surface area contributed by atoms with Gasteiger partial charge in [-0.3, -0.25) is 4.79 Å². The molecule has 0 spiro atoms. The van der Waals surface area contributed by atoms with Gasteiger partial charge in [0.2, 0.25) is 0 Å². The fraction of sp³-hybridized carbons (Fsp3) is 0.929. The van der Waals surface area contributed by atoms with Gasteiger partial charge in [0, 0.05) is 11.8 Å². The Kier molecular flexibility index (Phi) is 4.57. The first-order valence-electron chi connectivity index (χ1n) is 6.06. The lowest BCUT2D eigenvalue weighted by molar-refractivity contribution is -0.138. The number of ketones is 1. The van der Waals surface area contributed by atoms with Crippen molar-refractivity contribution in [2.24, 2.45) is 22.7 Å². The minimum atomic E-state index is -0.211. The van der Waals surface area contributed by atoms with E-state index >= 15 is 0 Å². The minimum Gasteiger partial charge on any atom is -0.299 e. The molecule has 0 radical (unpaired) electrons. The van der Waals surface area contributed by atoms with Crippen LogP contribution in [0.1, 0.15) is 61.8 Å². The fourth-order valence-corrected chi connectivity index (χ4v) is 2.19. The second kappa shape index (κ2) is 4.67. The molecule has 0 aliphatic rings. The lowest BCUT2D eigenvalue weighted by Gasteiger charge is -2.44. The monoisotopic (exact) mass is 212 g/mol. The van der Waals surface area contributed by atoms with Crippen LogP contribution in [0.25, 0.3) is 0 Å². The molecule has 0 N–H and O–H groups in total.